The minimum absolute atomic E-state index is 0.0156. The second-order valence-electron chi connectivity index (χ2n) is 7.74. The fourth-order valence-electron chi connectivity index (χ4n) is 3.73. The van der Waals surface area contributed by atoms with Crippen LogP contribution in [-0.4, -0.2) is 48.8 Å². The van der Waals surface area contributed by atoms with Crippen molar-refractivity contribution >= 4 is 17.5 Å². The maximum atomic E-state index is 13.4. The molecule has 4 aromatic rings. The molecule has 3 heterocycles. The molecule has 1 atom stereocenters. The fourth-order valence-corrected chi connectivity index (χ4v) is 3.90. The van der Waals surface area contributed by atoms with Crippen LogP contribution < -0.4 is 4.74 Å². The van der Waals surface area contributed by atoms with Gasteiger partial charge < -0.3 is 14.2 Å². The zero-order valence-electron chi connectivity index (χ0n) is 18.0. The molecule has 0 radical (unpaired) electrons. The van der Waals surface area contributed by atoms with E-state index in [1.165, 1.54) is 40.3 Å². The van der Waals surface area contributed by atoms with Crippen molar-refractivity contribution in [3.63, 3.8) is 0 Å². The summed E-state index contributed by atoms with van der Waals surface area (Å²) >= 11 is 6.29. The number of alkyl halides is 3. The lowest BCUT2D eigenvalue weighted by molar-refractivity contribution is -0.274. The third-order valence-corrected chi connectivity index (χ3v) is 5.91. The number of para-hydroxylation sites is 1. The first-order chi connectivity index (χ1) is 16.7. The van der Waals surface area contributed by atoms with E-state index in [4.69, 9.17) is 16.1 Å². The smallest absolute Gasteiger partial charge is 0.405 e. The van der Waals surface area contributed by atoms with Gasteiger partial charge in [-0.2, -0.15) is 20.0 Å². The number of rotatable bonds is 5. The Morgan fingerprint density at radius 3 is 2.63 bits per heavy atom. The number of halogens is 4. The van der Waals surface area contributed by atoms with Gasteiger partial charge in [-0.15, -0.1) is 13.2 Å². The highest BCUT2D eigenvalue weighted by atomic mass is 35.5. The molecule has 35 heavy (non-hydrogen) atoms. The first-order valence-corrected chi connectivity index (χ1v) is 10.8. The molecule has 1 fully saturated rings. The summed E-state index contributed by atoms with van der Waals surface area (Å²) in [6, 6.07) is 8.18. The summed E-state index contributed by atoms with van der Waals surface area (Å²) in [4.78, 5) is 20.6. The first-order valence-electron chi connectivity index (χ1n) is 10.4. The molecule has 1 saturated heterocycles. The number of likely N-dealkylation sites (tertiary alicyclic amines) is 1. The number of hydrogen-bond acceptors (Lipinski definition) is 7. The number of aromatic nitrogens is 5. The van der Waals surface area contributed by atoms with Gasteiger partial charge in [0, 0.05) is 11.6 Å². The summed E-state index contributed by atoms with van der Waals surface area (Å²) in [5.74, 6) is -0.803. The molecule has 0 saturated carbocycles. The standard InChI is InChI=1S/C22H16ClF3N6O3/c1-12-10-17(32-27-7-8-28-32)14(11-15(12)23)21(33)31-9-6-16(31)19-29-20(35-30-19)13-4-2-3-5-18(13)34-22(24,25)26/h2-5,7-8,10-11,16H,6,9H2,1H3. The lowest BCUT2D eigenvalue weighted by atomic mass is 9.99. The molecule has 0 N–H and O–H groups in total. The lowest BCUT2D eigenvalue weighted by Crippen LogP contribution is -2.46. The van der Waals surface area contributed by atoms with Crippen molar-refractivity contribution in [1.29, 1.82) is 0 Å². The molecule has 1 aliphatic rings. The largest absolute Gasteiger partial charge is 0.573 e. The quantitative estimate of drug-likeness (QED) is 0.386. The van der Waals surface area contributed by atoms with Gasteiger partial charge >= 0.3 is 6.36 Å². The number of benzene rings is 2. The van der Waals surface area contributed by atoms with Crippen LogP contribution in [-0.2, 0) is 0 Å². The maximum absolute atomic E-state index is 13.4. The third kappa shape index (κ3) is 4.44. The van der Waals surface area contributed by atoms with E-state index in [1.54, 1.807) is 19.1 Å². The van der Waals surface area contributed by atoms with E-state index in [-0.39, 0.29) is 28.7 Å². The molecule has 9 nitrogen and oxygen atoms in total. The van der Waals surface area contributed by atoms with E-state index in [9.17, 15) is 18.0 Å². The Morgan fingerprint density at radius 1 is 1.20 bits per heavy atom. The van der Waals surface area contributed by atoms with Crippen LogP contribution in [0, 0.1) is 6.92 Å². The minimum atomic E-state index is -4.88. The van der Waals surface area contributed by atoms with Gasteiger partial charge in [-0.25, -0.2) is 0 Å². The predicted molar refractivity (Wildman–Crippen MR) is 116 cm³/mol. The molecule has 1 unspecified atom stereocenters. The number of nitrogens with zero attached hydrogens (tertiary/aromatic N) is 6. The number of carbonyl (C=O) groups excluding carboxylic acids is 1. The molecule has 5 rings (SSSR count). The van der Waals surface area contributed by atoms with Gasteiger partial charge in [0.25, 0.3) is 11.8 Å². The van der Waals surface area contributed by atoms with Crippen LogP contribution in [0.5, 0.6) is 5.75 Å². The zero-order chi connectivity index (χ0) is 24.7. The number of carbonyl (C=O) groups is 1. The van der Waals surface area contributed by atoms with Crippen molar-refractivity contribution in [2.24, 2.45) is 0 Å². The van der Waals surface area contributed by atoms with Crippen LogP contribution in [0.3, 0.4) is 0 Å². The molecule has 13 heteroatoms. The van der Waals surface area contributed by atoms with Gasteiger partial charge in [0.2, 0.25) is 0 Å². The SMILES string of the molecule is Cc1cc(-n2nccn2)c(C(=O)N2CCC2c2noc(-c3ccccc3OC(F)(F)F)n2)cc1Cl. The second kappa shape index (κ2) is 8.69. The van der Waals surface area contributed by atoms with Crippen molar-refractivity contribution in [2.75, 3.05) is 6.54 Å². The van der Waals surface area contributed by atoms with Crippen LogP contribution in [0.25, 0.3) is 17.1 Å². The van der Waals surface area contributed by atoms with E-state index in [2.05, 4.69) is 25.1 Å². The minimum Gasteiger partial charge on any atom is -0.405 e. The third-order valence-electron chi connectivity index (χ3n) is 5.51. The summed E-state index contributed by atoms with van der Waals surface area (Å²) in [7, 11) is 0. The Morgan fingerprint density at radius 2 is 1.94 bits per heavy atom. The molecule has 1 amide bonds. The van der Waals surface area contributed by atoms with E-state index in [0.29, 0.717) is 23.7 Å². The van der Waals surface area contributed by atoms with Crippen molar-refractivity contribution in [3.8, 4) is 22.9 Å². The molecular formula is C22H16ClF3N6O3. The normalized spacial score (nSPS) is 15.7. The first kappa shape index (κ1) is 22.8. The van der Waals surface area contributed by atoms with Crippen molar-refractivity contribution in [3.05, 3.63) is 70.8 Å². The number of hydrogen-bond donors (Lipinski definition) is 0. The Labute approximate surface area is 201 Å². The van der Waals surface area contributed by atoms with E-state index < -0.39 is 18.2 Å². The molecule has 0 bridgehead atoms. The van der Waals surface area contributed by atoms with Gasteiger partial charge in [-0.1, -0.05) is 28.9 Å². The van der Waals surface area contributed by atoms with E-state index in [0.717, 1.165) is 11.6 Å². The van der Waals surface area contributed by atoms with Crippen LogP contribution in [0.2, 0.25) is 5.02 Å². The molecule has 2 aromatic heterocycles. The Hall–Kier alpha value is -3.93. The van der Waals surface area contributed by atoms with E-state index >= 15 is 0 Å². The molecule has 0 aliphatic carbocycles. The Bertz CT molecular complexity index is 1390. The van der Waals surface area contributed by atoms with Crippen LogP contribution >= 0.6 is 11.6 Å². The second-order valence-corrected chi connectivity index (χ2v) is 8.15. The summed E-state index contributed by atoms with van der Waals surface area (Å²) < 4.78 is 47.6. The summed E-state index contributed by atoms with van der Waals surface area (Å²) in [6.07, 6.45) is -1.36. The molecule has 2 aromatic carbocycles. The Kier molecular flexibility index (Phi) is 5.67. The molecule has 180 valence electrons. The average Bonchev–Trinajstić information content (AvgIpc) is 3.46. The van der Waals surface area contributed by atoms with Gasteiger partial charge in [0.05, 0.1) is 35.2 Å². The number of amides is 1. The van der Waals surface area contributed by atoms with Crippen molar-refractivity contribution in [2.45, 2.75) is 25.7 Å². The topological polar surface area (TPSA) is 99.2 Å². The van der Waals surface area contributed by atoms with Crippen LogP contribution in [0.4, 0.5) is 13.2 Å². The van der Waals surface area contributed by atoms with Gasteiger partial charge in [-0.3, -0.25) is 4.79 Å². The Balaban J connectivity index is 1.43. The monoisotopic (exact) mass is 504 g/mol. The number of aryl methyl sites for hydroxylation is 1. The molecule has 1 aliphatic heterocycles. The van der Waals surface area contributed by atoms with Crippen molar-refractivity contribution < 1.29 is 27.2 Å². The summed E-state index contributed by atoms with van der Waals surface area (Å²) in [5, 5.41) is 12.5. The summed E-state index contributed by atoms with van der Waals surface area (Å²) in [6.45, 7) is 2.22. The highest BCUT2D eigenvalue weighted by molar-refractivity contribution is 6.31. The van der Waals surface area contributed by atoms with Crippen LogP contribution in [0.15, 0.2) is 53.3 Å². The van der Waals surface area contributed by atoms with Gasteiger partial charge in [-0.05, 0) is 43.2 Å². The average molecular weight is 505 g/mol. The maximum Gasteiger partial charge on any atom is 0.573 e. The molecular weight excluding hydrogens is 489 g/mol. The fraction of sp³-hybridized carbons (Fsp3) is 0.227. The van der Waals surface area contributed by atoms with Crippen molar-refractivity contribution in [1.82, 2.24) is 30.0 Å². The lowest BCUT2D eigenvalue weighted by Gasteiger charge is -2.39. The van der Waals surface area contributed by atoms with E-state index in [1.807, 2.05) is 0 Å². The highest BCUT2D eigenvalue weighted by Crippen LogP contribution is 2.37. The van der Waals surface area contributed by atoms with Gasteiger partial charge in [0.1, 0.15) is 5.75 Å². The summed E-state index contributed by atoms with van der Waals surface area (Å²) in [5.41, 5.74) is 1.48. The number of ether oxygens (including phenoxy) is 1. The van der Waals surface area contributed by atoms with Crippen LogP contribution in [0.1, 0.15) is 34.2 Å². The molecule has 0 spiro atoms. The van der Waals surface area contributed by atoms with Gasteiger partial charge in [0.15, 0.2) is 5.82 Å². The zero-order valence-corrected chi connectivity index (χ0v) is 18.8. The highest BCUT2D eigenvalue weighted by Gasteiger charge is 2.39. The predicted octanol–water partition coefficient (Wildman–Crippen LogP) is 4.76.